The van der Waals surface area contributed by atoms with E-state index in [9.17, 15) is 0 Å². The van der Waals surface area contributed by atoms with Crippen LogP contribution < -0.4 is 5.73 Å². The third-order valence-electron chi connectivity index (χ3n) is 2.07. The van der Waals surface area contributed by atoms with Gasteiger partial charge in [0.25, 0.3) is 0 Å². The van der Waals surface area contributed by atoms with E-state index < -0.39 is 0 Å². The van der Waals surface area contributed by atoms with Crippen molar-refractivity contribution in [3.8, 4) is 0 Å². The fourth-order valence-corrected chi connectivity index (χ4v) is 2.76. The minimum atomic E-state index is 0. The van der Waals surface area contributed by atoms with E-state index in [0.29, 0.717) is 0 Å². The molecule has 0 fully saturated rings. The highest BCUT2D eigenvalue weighted by Gasteiger charge is 2.07. The highest BCUT2D eigenvalue weighted by molar-refractivity contribution is 9.10. The molecule has 2 N–H and O–H groups in total. The molecule has 1 atom stereocenters. The molecule has 0 bridgehead atoms. The zero-order chi connectivity index (χ0) is 9.68. The molecular weight excluding hydrogens is 282 g/mol. The number of halogens is 2. The maximum absolute atomic E-state index is 6.04. The lowest BCUT2D eigenvalue weighted by molar-refractivity contribution is 0.587. The van der Waals surface area contributed by atoms with Gasteiger partial charge in [0.1, 0.15) is 0 Å². The molecule has 0 spiro atoms. The molecule has 1 heterocycles. The van der Waals surface area contributed by atoms with Gasteiger partial charge in [0.2, 0.25) is 0 Å². The van der Waals surface area contributed by atoms with Crippen LogP contribution >= 0.6 is 39.7 Å². The van der Waals surface area contributed by atoms with Gasteiger partial charge in [-0.15, -0.1) is 23.7 Å². The van der Waals surface area contributed by atoms with Crippen LogP contribution in [-0.2, 0) is 0 Å². The highest BCUT2D eigenvalue weighted by Crippen LogP contribution is 2.26. The lowest BCUT2D eigenvalue weighted by Crippen LogP contribution is -2.07. The maximum Gasteiger partial charge on any atom is 0.0390 e. The Morgan fingerprint density at radius 1 is 1.50 bits per heavy atom. The largest absolute Gasteiger partial charge is 0.323 e. The molecule has 4 heteroatoms. The molecule has 1 aromatic heterocycles. The van der Waals surface area contributed by atoms with Gasteiger partial charge < -0.3 is 5.73 Å². The van der Waals surface area contributed by atoms with Gasteiger partial charge in [-0.05, 0) is 28.4 Å². The maximum atomic E-state index is 6.04. The van der Waals surface area contributed by atoms with Crippen molar-refractivity contribution in [3.63, 3.8) is 0 Å². The summed E-state index contributed by atoms with van der Waals surface area (Å²) in [6, 6.07) is 2.37. The first-order valence-electron chi connectivity index (χ1n) is 4.73. The zero-order valence-corrected chi connectivity index (χ0v) is 11.6. The van der Waals surface area contributed by atoms with Crippen molar-refractivity contribution < 1.29 is 0 Å². The van der Waals surface area contributed by atoms with Crippen LogP contribution in [0.3, 0.4) is 0 Å². The van der Waals surface area contributed by atoms with Crippen LogP contribution in [0.5, 0.6) is 0 Å². The van der Waals surface area contributed by atoms with Crippen LogP contribution in [0, 0.1) is 0 Å². The summed E-state index contributed by atoms with van der Waals surface area (Å²) < 4.78 is 1.15. The fraction of sp³-hybridized carbons (Fsp3) is 0.600. The van der Waals surface area contributed by atoms with Gasteiger partial charge >= 0.3 is 0 Å². The first kappa shape index (κ1) is 14.4. The Kier molecular flexibility index (Phi) is 7.92. The molecule has 0 aliphatic heterocycles. The number of hydrogen-bond acceptors (Lipinski definition) is 2. The summed E-state index contributed by atoms with van der Waals surface area (Å²) in [5.74, 6) is 0. The van der Waals surface area contributed by atoms with E-state index in [1.54, 1.807) is 11.3 Å². The van der Waals surface area contributed by atoms with Gasteiger partial charge in [-0.2, -0.15) is 0 Å². The van der Waals surface area contributed by atoms with Gasteiger partial charge in [-0.25, -0.2) is 0 Å². The van der Waals surface area contributed by atoms with Crippen molar-refractivity contribution in [1.82, 2.24) is 0 Å². The second kappa shape index (κ2) is 7.69. The van der Waals surface area contributed by atoms with Crippen molar-refractivity contribution in [3.05, 3.63) is 20.8 Å². The molecule has 1 rings (SSSR count). The van der Waals surface area contributed by atoms with Crippen LogP contribution in [0.15, 0.2) is 15.9 Å². The van der Waals surface area contributed by atoms with Crippen LogP contribution in [0.2, 0.25) is 0 Å². The predicted octanol–water partition coefficient (Wildman–Crippen LogP) is 4.51. The molecule has 0 aromatic carbocycles. The Morgan fingerprint density at radius 2 is 2.21 bits per heavy atom. The number of thiophene rings is 1. The molecule has 0 unspecified atom stereocenters. The summed E-state index contributed by atoms with van der Waals surface area (Å²) in [4.78, 5) is 1.29. The van der Waals surface area contributed by atoms with Crippen LogP contribution in [0.25, 0.3) is 0 Å². The first-order valence-corrected chi connectivity index (χ1v) is 6.40. The average molecular weight is 299 g/mol. The number of unbranched alkanes of at least 4 members (excludes halogenated alkanes) is 2. The van der Waals surface area contributed by atoms with Gasteiger partial charge in [0.05, 0.1) is 0 Å². The Hall–Kier alpha value is 0.430. The summed E-state index contributed by atoms with van der Waals surface area (Å²) >= 11 is 5.18. The van der Waals surface area contributed by atoms with Crippen molar-refractivity contribution in [2.75, 3.05) is 0 Å². The monoisotopic (exact) mass is 297 g/mol. The van der Waals surface area contributed by atoms with Crippen molar-refractivity contribution in [2.45, 2.75) is 38.6 Å². The van der Waals surface area contributed by atoms with Crippen LogP contribution in [0.4, 0.5) is 0 Å². The van der Waals surface area contributed by atoms with Crippen molar-refractivity contribution in [1.29, 1.82) is 0 Å². The summed E-state index contributed by atoms with van der Waals surface area (Å²) in [6.07, 6.45) is 4.91. The van der Waals surface area contributed by atoms with E-state index in [-0.39, 0.29) is 18.4 Å². The molecule has 14 heavy (non-hydrogen) atoms. The Labute approximate surface area is 105 Å². The first-order chi connectivity index (χ1) is 6.24. The Bertz CT molecular complexity index is 252. The topological polar surface area (TPSA) is 26.0 Å². The smallest absolute Gasteiger partial charge is 0.0390 e. The number of hydrogen-bond donors (Lipinski definition) is 1. The normalized spacial score (nSPS) is 12.2. The van der Waals surface area contributed by atoms with E-state index in [4.69, 9.17) is 5.73 Å². The quantitative estimate of drug-likeness (QED) is 0.795. The van der Waals surface area contributed by atoms with Gasteiger partial charge in [-0.3, -0.25) is 0 Å². The average Bonchev–Trinajstić information content (AvgIpc) is 2.52. The van der Waals surface area contributed by atoms with E-state index in [1.165, 1.54) is 24.1 Å². The third kappa shape index (κ3) is 4.78. The zero-order valence-electron chi connectivity index (χ0n) is 8.33. The minimum Gasteiger partial charge on any atom is -0.323 e. The Balaban J connectivity index is 0.00000169. The van der Waals surface area contributed by atoms with E-state index in [1.807, 2.05) is 0 Å². The molecule has 0 aliphatic carbocycles. The molecule has 0 saturated heterocycles. The molecular formula is C10H17BrClNS. The number of rotatable bonds is 5. The lowest BCUT2D eigenvalue weighted by atomic mass is 10.1. The van der Waals surface area contributed by atoms with Crippen LogP contribution in [0.1, 0.15) is 43.5 Å². The second-order valence-electron chi connectivity index (χ2n) is 3.27. The molecule has 0 amide bonds. The fourth-order valence-electron chi connectivity index (χ4n) is 1.28. The molecule has 1 aromatic rings. The van der Waals surface area contributed by atoms with Crippen LogP contribution in [-0.4, -0.2) is 0 Å². The highest BCUT2D eigenvalue weighted by atomic mass is 79.9. The molecule has 1 nitrogen and oxygen atoms in total. The SMILES string of the molecule is CCCCC[C@@H](N)c1cc(Br)cs1.Cl. The Morgan fingerprint density at radius 3 is 2.71 bits per heavy atom. The van der Waals surface area contributed by atoms with E-state index >= 15 is 0 Å². The molecule has 82 valence electrons. The standard InChI is InChI=1S/C10H16BrNS.ClH/c1-2-3-4-5-9(12)10-6-8(11)7-13-10;/h6-7,9H,2-5,12H2,1H3;1H/t9-;/m1./s1. The lowest BCUT2D eigenvalue weighted by Gasteiger charge is -2.07. The van der Waals surface area contributed by atoms with Crippen molar-refractivity contribution >= 4 is 39.7 Å². The summed E-state index contributed by atoms with van der Waals surface area (Å²) in [5.41, 5.74) is 6.04. The summed E-state index contributed by atoms with van der Waals surface area (Å²) in [7, 11) is 0. The molecule has 0 aliphatic rings. The second-order valence-corrected chi connectivity index (χ2v) is 5.13. The predicted molar refractivity (Wildman–Crippen MR) is 70.3 cm³/mol. The van der Waals surface area contributed by atoms with Gasteiger partial charge in [0.15, 0.2) is 0 Å². The summed E-state index contributed by atoms with van der Waals surface area (Å²) in [5, 5.41) is 2.09. The summed E-state index contributed by atoms with van der Waals surface area (Å²) in [6.45, 7) is 2.22. The van der Waals surface area contributed by atoms with Gasteiger partial charge in [0, 0.05) is 20.8 Å². The van der Waals surface area contributed by atoms with E-state index in [0.717, 1.165) is 10.9 Å². The van der Waals surface area contributed by atoms with Gasteiger partial charge in [-0.1, -0.05) is 26.2 Å². The minimum absolute atomic E-state index is 0. The molecule has 0 saturated carbocycles. The molecule has 0 radical (unpaired) electrons. The van der Waals surface area contributed by atoms with E-state index in [2.05, 4.69) is 34.3 Å². The number of nitrogens with two attached hydrogens (primary N) is 1. The third-order valence-corrected chi connectivity index (χ3v) is 3.90. The van der Waals surface area contributed by atoms with Crippen molar-refractivity contribution in [2.24, 2.45) is 5.73 Å².